The molecule has 0 aromatic heterocycles. The van der Waals surface area contributed by atoms with Gasteiger partial charge in [-0.05, 0) is 116 Å². The number of allylic oxidation sites excluding steroid dienone is 2. The Morgan fingerprint density at radius 1 is 0.787 bits per heavy atom. The zero-order valence-corrected chi connectivity index (χ0v) is 33.6. The van der Waals surface area contributed by atoms with E-state index >= 15 is 0 Å². The van der Waals surface area contributed by atoms with E-state index in [9.17, 15) is 38.9 Å². The largest absolute Gasteiger partial charge is 1.00 e. The Hall–Kier alpha value is 0.350. The van der Waals surface area contributed by atoms with Crippen molar-refractivity contribution in [3.05, 3.63) is 11.6 Å². The second-order valence-electron chi connectivity index (χ2n) is 16.0. The minimum absolute atomic E-state index is 0. The zero-order valence-electron chi connectivity index (χ0n) is 29.1. The van der Waals surface area contributed by atoms with E-state index in [0.717, 1.165) is 32.1 Å². The van der Waals surface area contributed by atoms with Crippen LogP contribution in [0.15, 0.2) is 11.6 Å². The third kappa shape index (κ3) is 9.05. The van der Waals surface area contributed by atoms with Crippen molar-refractivity contribution in [2.75, 3.05) is 0 Å². The number of rotatable bonds is 11. The molecule has 0 aliphatic heterocycles. The molecule has 4 aliphatic carbocycles. The summed E-state index contributed by atoms with van der Waals surface area (Å²) in [7, 11) is -15.9. The first-order valence-corrected chi connectivity index (χ1v) is 20.4. The van der Waals surface area contributed by atoms with Gasteiger partial charge in [-0.1, -0.05) is 60.1 Å². The van der Waals surface area contributed by atoms with Crippen LogP contribution in [0.25, 0.3) is 0 Å². The molecule has 11 atom stereocenters. The molecule has 0 N–H and O–H groups in total. The van der Waals surface area contributed by atoms with Gasteiger partial charge < -0.3 is 13.7 Å². The molecule has 16 heteroatoms. The van der Waals surface area contributed by atoms with Crippen LogP contribution in [0.1, 0.15) is 107 Å². The topological polar surface area (TPSA) is 199 Å². The van der Waals surface area contributed by atoms with Crippen LogP contribution in [0.2, 0.25) is 0 Å². The van der Waals surface area contributed by atoms with Gasteiger partial charge in [0.25, 0.3) is 0 Å². The predicted octanol–water partition coefficient (Wildman–Crippen LogP) is 2.06. The summed E-state index contributed by atoms with van der Waals surface area (Å²) in [5, 5.41) is 0. The first-order valence-electron chi connectivity index (χ1n) is 16.4. The van der Waals surface area contributed by atoms with Crippen LogP contribution >= 0.6 is 0 Å². The van der Waals surface area contributed by atoms with E-state index in [1.165, 1.54) is 5.57 Å². The van der Waals surface area contributed by atoms with Crippen molar-refractivity contribution in [3.8, 4) is 0 Å². The van der Waals surface area contributed by atoms with Crippen LogP contribution in [-0.4, -0.2) is 57.2 Å². The molecule has 12 nitrogen and oxygen atoms in total. The van der Waals surface area contributed by atoms with E-state index in [2.05, 4.69) is 58.7 Å². The van der Waals surface area contributed by atoms with Gasteiger partial charge in [-0.15, -0.1) is 0 Å². The van der Waals surface area contributed by atoms with Gasteiger partial charge in [-0.2, -0.15) is 0 Å². The summed E-state index contributed by atoms with van der Waals surface area (Å²) in [6.07, 6.45) is 2.08. The monoisotopic (exact) mass is 734 g/mol. The smallest absolute Gasteiger partial charge is 0.726 e. The molecule has 0 aromatic rings. The molecule has 0 radical (unpaired) electrons. The summed E-state index contributed by atoms with van der Waals surface area (Å²) in [6.45, 7) is 17.6. The maximum absolute atomic E-state index is 12.0. The summed E-state index contributed by atoms with van der Waals surface area (Å²) >= 11 is 0. The quantitative estimate of drug-likeness (QED) is 0.130. The normalized spacial score (nSPS) is 39.0. The van der Waals surface area contributed by atoms with E-state index in [0.29, 0.717) is 17.8 Å². The first-order chi connectivity index (χ1) is 20.8. The van der Waals surface area contributed by atoms with Gasteiger partial charge in [0.15, 0.2) is 0 Å². The summed E-state index contributed by atoms with van der Waals surface area (Å²) in [5.74, 6) is 0.531. The predicted molar refractivity (Wildman–Crippen MR) is 166 cm³/mol. The Labute approximate surface area is 304 Å². The fraction of sp³-hybridized carbons (Fsp3) is 0.935. The molecule has 0 amide bonds. The van der Waals surface area contributed by atoms with Crippen molar-refractivity contribution in [1.29, 1.82) is 0 Å². The average Bonchev–Trinajstić information content (AvgIpc) is 3.22. The molecule has 0 heterocycles. The van der Waals surface area contributed by atoms with Crippen LogP contribution < -0.4 is 29.6 Å². The van der Waals surface area contributed by atoms with Crippen LogP contribution in [0.4, 0.5) is 0 Å². The van der Waals surface area contributed by atoms with Crippen LogP contribution in [0, 0.1) is 57.7 Å². The fourth-order valence-electron chi connectivity index (χ4n) is 10.2. The van der Waals surface area contributed by atoms with Crippen LogP contribution in [-0.2, 0) is 43.7 Å². The Morgan fingerprint density at radius 3 is 1.83 bits per heavy atom. The summed E-state index contributed by atoms with van der Waals surface area (Å²) in [4.78, 5) is 0. The maximum Gasteiger partial charge on any atom is 1.00 e. The van der Waals surface area contributed by atoms with Gasteiger partial charge in [-0.3, -0.25) is 12.5 Å². The van der Waals surface area contributed by atoms with E-state index in [-0.39, 0.29) is 77.4 Å². The Balaban J connectivity index is 0.00000600. The minimum atomic E-state index is -5.35. The Kier molecular flexibility index (Phi) is 12.8. The summed E-state index contributed by atoms with van der Waals surface area (Å²) in [5.41, 5.74) is 0.474. The maximum atomic E-state index is 12.0. The Morgan fingerprint density at radius 2 is 1.30 bits per heavy atom. The van der Waals surface area contributed by atoms with Crippen molar-refractivity contribution in [2.24, 2.45) is 57.7 Å². The molecular weight excluding hydrogens is 684 g/mol. The molecule has 268 valence electrons. The number of hydrogen-bond donors (Lipinski definition) is 0. The van der Waals surface area contributed by atoms with Gasteiger partial charge >= 0.3 is 29.6 Å². The van der Waals surface area contributed by atoms with Gasteiger partial charge in [0.05, 0.1) is 6.10 Å². The van der Waals surface area contributed by atoms with Gasteiger partial charge in [0, 0.05) is 0 Å². The molecule has 0 aromatic carbocycles. The number of hydrogen-bond acceptors (Lipinski definition) is 12. The molecule has 4 saturated carbocycles. The van der Waals surface area contributed by atoms with Crippen molar-refractivity contribution >= 4 is 31.2 Å². The molecule has 0 bridgehead atoms. The van der Waals surface area contributed by atoms with Crippen LogP contribution in [0.3, 0.4) is 0 Å². The fourth-order valence-corrected chi connectivity index (χ4v) is 11.8. The standard InChI is InChI=1S/C31H54O12S3.Na/c1-18(2)29(5,6)20(4)10-9-19(3)22-11-12-23-21-15-26(41-44(32,33)34)25-16-27(42-45(35,36)37)28(43-46(38,39)40)17-31(25,8)24(21)13-14-30(22,23)7;/h10,18-19,21-28H,9,11-17H2,1-8H3,(H,32,33,34)(H,35,36,37)(H,38,39,40);/q;+1/p-3/b20-10+;/t19-,21+,22-,23+,24+,25-,26+,27+,28+,30-,31-;/m1./s1. The summed E-state index contributed by atoms with van der Waals surface area (Å²) in [6, 6.07) is 0. The van der Waals surface area contributed by atoms with Gasteiger partial charge in [0.1, 0.15) is 12.2 Å². The molecule has 4 fully saturated rings. The first kappa shape index (κ1) is 41.8. The van der Waals surface area contributed by atoms with Crippen molar-refractivity contribution in [1.82, 2.24) is 0 Å². The molecule has 0 unspecified atom stereocenters. The van der Waals surface area contributed by atoms with E-state index < -0.39 is 60.8 Å². The molecule has 4 aliphatic rings. The third-order valence-corrected chi connectivity index (χ3v) is 14.8. The minimum Gasteiger partial charge on any atom is -0.726 e. The molecule has 0 saturated heterocycles. The van der Waals surface area contributed by atoms with E-state index in [1.807, 2.05) is 6.92 Å². The molecule has 0 spiro atoms. The second-order valence-corrected chi connectivity index (χ2v) is 19.0. The van der Waals surface area contributed by atoms with E-state index in [1.54, 1.807) is 0 Å². The average molecular weight is 735 g/mol. The van der Waals surface area contributed by atoms with Crippen molar-refractivity contribution in [2.45, 2.75) is 125 Å². The van der Waals surface area contributed by atoms with Crippen molar-refractivity contribution in [3.63, 3.8) is 0 Å². The summed E-state index contributed by atoms with van der Waals surface area (Å²) < 4.78 is 120. The number of fused-ring (bicyclic) bond motifs is 5. The van der Waals surface area contributed by atoms with Gasteiger partial charge in [-0.25, -0.2) is 25.3 Å². The van der Waals surface area contributed by atoms with Gasteiger partial charge in [0.2, 0.25) is 31.2 Å². The molecular formula is C31H51NaO12S3-2. The Bertz CT molecular complexity index is 1490. The molecule has 4 rings (SSSR count). The van der Waals surface area contributed by atoms with Crippen LogP contribution in [0.5, 0.6) is 0 Å². The molecule has 47 heavy (non-hydrogen) atoms. The second kappa shape index (κ2) is 14.4. The SMILES string of the molecule is C/C(=C\C[C@@H](C)[C@H]1CC[C@H]2[C@@H]3C[C@H](OS(=O)(=O)[O-])[C@H]4C[C@H](OS(=O)(=O)[O-])[C@@H](OS(=O)(=O)[O-])C[C@]4(C)[C@H]3CC[C@]12C)C(C)(C)C(C)C.[Na+]. The van der Waals surface area contributed by atoms with E-state index in [4.69, 9.17) is 8.37 Å². The zero-order chi connectivity index (χ0) is 34.8. The third-order valence-electron chi connectivity index (χ3n) is 13.4. The van der Waals surface area contributed by atoms with Crippen molar-refractivity contribution < 1.29 is 81.0 Å².